The molecule has 2 atom stereocenters. The second kappa shape index (κ2) is 14.1. The van der Waals surface area contributed by atoms with Crippen LogP contribution >= 0.6 is 23.2 Å². The fourth-order valence-electron chi connectivity index (χ4n) is 2.38. The van der Waals surface area contributed by atoms with E-state index in [9.17, 15) is 9.59 Å². The number of hydrogen-bond acceptors (Lipinski definition) is 2. The summed E-state index contributed by atoms with van der Waals surface area (Å²) < 4.78 is 0. The molecule has 22 heavy (non-hydrogen) atoms. The Balaban J connectivity index is 3.24. The Hall–Kier alpha value is -0.480. The van der Waals surface area contributed by atoms with Crippen molar-refractivity contribution in [3.63, 3.8) is 0 Å². The lowest BCUT2D eigenvalue weighted by Crippen LogP contribution is -2.06. The van der Waals surface area contributed by atoms with Gasteiger partial charge >= 0.3 is 11.9 Å². The lowest BCUT2D eigenvalue weighted by atomic mass is 10.0. The van der Waals surface area contributed by atoms with Gasteiger partial charge in [0.1, 0.15) is 0 Å². The molecule has 0 radical (unpaired) electrons. The molecule has 2 unspecified atom stereocenters. The maximum Gasteiger partial charge on any atom is 0.304 e. The third-order valence-corrected chi connectivity index (χ3v) is 4.32. The van der Waals surface area contributed by atoms with Gasteiger partial charge in [-0.25, -0.2) is 0 Å². The van der Waals surface area contributed by atoms with Crippen molar-refractivity contribution in [2.45, 2.75) is 87.8 Å². The maximum atomic E-state index is 10.4. The molecule has 0 aliphatic heterocycles. The number of halogens is 2. The number of unbranched alkanes of at least 4 members (excludes halogenated alkanes) is 7. The van der Waals surface area contributed by atoms with E-state index in [1.165, 1.54) is 12.8 Å². The summed E-state index contributed by atoms with van der Waals surface area (Å²) in [5.41, 5.74) is 0. The van der Waals surface area contributed by atoms with E-state index < -0.39 is 11.9 Å². The van der Waals surface area contributed by atoms with E-state index in [1.807, 2.05) is 0 Å². The Labute approximate surface area is 143 Å². The minimum atomic E-state index is -0.831. The highest BCUT2D eigenvalue weighted by Crippen LogP contribution is 2.16. The molecule has 0 amide bonds. The monoisotopic (exact) mass is 354 g/mol. The van der Waals surface area contributed by atoms with E-state index in [-0.39, 0.29) is 23.6 Å². The zero-order valence-corrected chi connectivity index (χ0v) is 14.6. The fraction of sp³-hybridized carbons (Fsp3) is 0.875. The van der Waals surface area contributed by atoms with E-state index >= 15 is 0 Å². The molecule has 6 heteroatoms. The maximum absolute atomic E-state index is 10.4. The van der Waals surface area contributed by atoms with Gasteiger partial charge in [0.05, 0.1) is 12.8 Å². The molecule has 0 fully saturated rings. The normalized spacial score (nSPS) is 13.7. The van der Waals surface area contributed by atoms with Crippen LogP contribution < -0.4 is 0 Å². The highest BCUT2D eigenvalue weighted by molar-refractivity contribution is 6.21. The minimum Gasteiger partial charge on any atom is -0.481 e. The van der Waals surface area contributed by atoms with Crippen molar-refractivity contribution in [1.29, 1.82) is 0 Å². The molecule has 0 heterocycles. The average Bonchev–Trinajstić information content (AvgIpc) is 2.39. The Kier molecular flexibility index (Phi) is 13.8. The number of aliphatic carboxylic acids is 2. The van der Waals surface area contributed by atoms with Gasteiger partial charge in [0.2, 0.25) is 0 Å². The molecule has 0 aromatic carbocycles. The van der Waals surface area contributed by atoms with Crippen LogP contribution in [-0.4, -0.2) is 32.9 Å². The predicted molar refractivity (Wildman–Crippen MR) is 90.0 cm³/mol. The second-order valence-electron chi connectivity index (χ2n) is 5.80. The fourth-order valence-corrected chi connectivity index (χ4v) is 2.95. The molecule has 0 rings (SSSR count). The van der Waals surface area contributed by atoms with Crippen LogP contribution in [0, 0.1) is 0 Å². The van der Waals surface area contributed by atoms with Gasteiger partial charge in [0, 0.05) is 10.8 Å². The third kappa shape index (κ3) is 15.9. The van der Waals surface area contributed by atoms with Gasteiger partial charge in [0.15, 0.2) is 0 Å². The van der Waals surface area contributed by atoms with E-state index in [2.05, 4.69) is 0 Å². The zero-order chi connectivity index (χ0) is 16.8. The molecular weight excluding hydrogens is 327 g/mol. The molecule has 0 saturated carbocycles. The largest absolute Gasteiger partial charge is 0.481 e. The first-order valence-electron chi connectivity index (χ1n) is 8.13. The van der Waals surface area contributed by atoms with Crippen LogP contribution in [0.25, 0.3) is 0 Å². The Morgan fingerprint density at radius 2 is 0.909 bits per heavy atom. The average molecular weight is 355 g/mol. The van der Waals surface area contributed by atoms with Crippen LogP contribution in [0.2, 0.25) is 0 Å². The summed E-state index contributed by atoms with van der Waals surface area (Å²) in [5, 5.41) is 16.7. The first-order valence-corrected chi connectivity index (χ1v) is 9.00. The summed E-state index contributed by atoms with van der Waals surface area (Å²) >= 11 is 11.8. The number of carboxylic acids is 2. The molecule has 0 aromatic rings. The molecule has 0 aliphatic rings. The molecule has 0 aromatic heterocycles. The van der Waals surface area contributed by atoms with E-state index in [0.717, 1.165) is 51.4 Å². The summed E-state index contributed by atoms with van der Waals surface area (Å²) in [6.45, 7) is 0. The standard InChI is InChI=1S/C16H28Cl2O4/c17-13(11-15(19)20)9-7-5-3-1-2-4-6-8-10-14(18)12-16(21)22/h13-14H,1-12H2,(H,19,20)(H,21,22). The van der Waals surface area contributed by atoms with Crippen LogP contribution in [0.4, 0.5) is 0 Å². The first-order chi connectivity index (χ1) is 10.4. The summed E-state index contributed by atoms with van der Waals surface area (Å²) in [7, 11) is 0. The third-order valence-electron chi connectivity index (χ3n) is 3.58. The highest BCUT2D eigenvalue weighted by atomic mass is 35.5. The van der Waals surface area contributed by atoms with Crippen molar-refractivity contribution in [1.82, 2.24) is 0 Å². The van der Waals surface area contributed by atoms with Crippen molar-refractivity contribution in [2.24, 2.45) is 0 Å². The molecule has 0 bridgehead atoms. The molecule has 0 saturated heterocycles. The van der Waals surface area contributed by atoms with Crippen molar-refractivity contribution in [2.75, 3.05) is 0 Å². The van der Waals surface area contributed by atoms with Gasteiger partial charge in [0.25, 0.3) is 0 Å². The molecular formula is C16H28Cl2O4. The quantitative estimate of drug-likeness (QED) is 0.318. The van der Waals surface area contributed by atoms with Crippen LogP contribution in [-0.2, 0) is 9.59 Å². The highest BCUT2D eigenvalue weighted by Gasteiger charge is 2.09. The molecule has 0 aliphatic carbocycles. The van der Waals surface area contributed by atoms with Gasteiger partial charge in [-0.3, -0.25) is 9.59 Å². The van der Waals surface area contributed by atoms with Crippen LogP contribution in [0.15, 0.2) is 0 Å². The molecule has 2 N–H and O–H groups in total. The molecule has 130 valence electrons. The Morgan fingerprint density at radius 1 is 0.636 bits per heavy atom. The summed E-state index contributed by atoms with van der Waals surface area (Å²) in [4.78, 5) is 20.9. The number of rotatable bonds is 15. The van der Waals surface area contributed by atoms with Gasteiger partial charge < -0.3 is 10.2 Å². The van der Waals surface area contributed by atoms with E-state index in [4.69, 9.17) is 33.4 Å². The van der Waals surface area contributed by atoms with Gasteiger partial charge in [-0.15, -0.1) is 23.2 Å². The smallest absolute Gasteiger partial charge is 0.304 e. The lowest BCUT2D eigenvalue weighted by Gasteiger charge is -2.07. The van der Waals surface area contributed by atoms with Crippen molar-refractivity contribution >= 4 is 35.1 Å². The molecule has 4 nitrogen and oxygen atoms in total. The summed E-state index contributed by atoms with van der Waals surface area (Å²) in [6, 6.07) is 0. The summed E-state index contributed by atoms with van der Waals surface area (Å²) in [5.74, 6) is -1.66. The zero-order valence-electron chi connectivity index (χ0n) is 13.1. The van der Waals surface area contributed by atoms with Crippen LogP contribution in [0.1, 0.15) is 77.0 Å². The van der Waals surface area contributed by atoms with Crippen LogP contribution in [0.5, 0.6) is 0 Å². The van der Waals surface area contributed by atoms with E-state index in [0.29, 0.717) is 0 Å². The minimum absolute atomic E-state index is 0.0466. The Bertz CT molecular complexity index is 281. The van der Waals surface area contributed by atoms with E-state index in [1.54, 1.807) is 0 Å². The van der Waals surface area contributed by atoms with Crippen molar-refractivity contribution < 1.29 is 19.8 Å². The number of alkyl halides is 2. The predicted octanol–water partition coefficient (Wildman–Crippen LogP) is 5.05. The van der Waals surface area contributed by atoms with Crippen molar-refractivity contribution in [3.05, 3.63) is 0 Å². The van der Waals surface area contributed by atoms with Gasteiger partial charge in [-0.05, 0) is 12.8 Å². The first kappa shape index (κ1) is 21.5. The number of carbonyl (C=O) groups is 2. The van der Waals surface area contributed by atoms with Gasteiger partial charge in [-0.1, -0.05) is 51.4 Å². The SMILES string of the molecule is O=C(O)CC(Cl)CCCCCCCCCCC(Cl)CC(=O)O. The second-order valence-corrected chi connectivity index (χ2v) is 7.03. The lowest BCUT2D eigenvalue weighted by molar-refractivity contribution is -0.138. The number of carboxylic acid groups (broad SMARTS) is 2. The van der Waals surface area contributed by atoms with Crippen molar-refractivity contribution in [3.8, 4) is 0 Å². The van der Waals surface area contributed by atoms with Gasteiger partial charge in [-0.2, -0.15) is 0 Å². The van der Waals surface area contributed by atoms with Crippen LogP contribution in [0.3, 0.4) is 0 Å². The number of hydrogen-bond donors (Lipinski definition) is 2. The Morgan fingerprint density at radius 3 is 1.18 bits per heavy atom. The summed E-state index contributed by atoms with van der Waals surface area (Å²) in [6.07, 6.45) is 10.5. The topological polar surface area (TPSA) is 74.6 Å². The molecule has 0 spiro atoms.